The van der Waals surface area contributed by atoms with Crippen molar-refractivity contribution in [2.45, 2.75) is 37.6 Å². The van der Waals surface area contributed by atoms with E-state index in [-0.39, 0.29) is 24.6 Å². The summed E-state index contributed by atoms with van der Waals surface area (Å²) in [4.78, 5) is 13.0. The minimum Gasteiger partial charge on any atom is -0.454 e. The lowest BCUT2D eigenvalue weighted by molar-refractivity contribution is -0.130. The highest BCUT2D eigenvalue weighted by atomic mass is 19.1. The smallest absolute Gasteiger partial charge is 0.231 e. The fourth-order valence-corrected chi connectivity index (χ4v) is 3.56. The molecule has 1 fully saturated rings. The first-order chi connectivity index (χ1) is 12.1. The Labute approximate surface area is 146 Å². The molecule has 1 amide bonds. The summed E-state index contributed by atoms with van der Waals surface area (Å²) in [5.41, 5.74) is 1.09. The Kier molecular flexibility index (Phi) is 3.86. The van der Waals surface area contributed by atoms with E-state index in [9.17, 15) is 9.18 Å². The molecule has 1 aliphatic carbocycles. The summed E-state index contributed by atoms with van der Waals surface area (Å²) in [5.74, 6) is 1.06. The number of halogens is 1. The highest BCUT2D eigenvalue weighted by Gasteiger charge is 2.46. The minimum absolute atomic E-state index is 0.0467. The van der Waals surface area contributed by atoms with Crippen molar-refractivity contribution in [3.05, 3.63) is 59.4 Å². The number of amides is 1. The second-order valence-corrected chi connectivity index (χ2v) is 6.75. The average Bonchev–Trinajstić information content (AvgIpc) is 3.01. The van der Waals surface area contributed by atoms with E-state index in [4.69, 9.17) is 9.47 Å². The number of carbonyl (C=O) groups excluding carboxylic acids is 1. The van der Waals surface area contributed by atoms with Crippen molar-refractivity contribution in [3.63, 3.8) is 0 Å². The highest BCUT2D eigenvalue weighted by molar-refractivity contribution is 5.89. The van der Waals surface area contributed by atoms with Gasteiger partial charge in [0.05, 0.1) is 11.5 Å². The molecule has 1 atom stereocenters. The molecule has 0 aromatic heterocycles. The molecule has 5 heteroatoms. The van der Waals surface area contributed by atoms with Crippen molar-refractivity contribution < 1.29 is 18.7 Å². The van der Waals surface area contributed by atoms with Crippen LogP contribution in [0.25, 0.3) is 0 Å². The third-order valence-corrected chi connectivity index (χ3v) is 5.26. The van der Waals surface area contributed by atoms with Crippen LogP contribution in [0.15, 0.2) is 42.5 Å². The SMILES string of the molecule is CC(NC(=O)C1(c2cccc(F)c2)CCC1)c1ccc2c(c1)OCO2. The van der Waals surface area contributed by atoms with E-state index < -0.39 is 5.41 Å². The zero-order valence-corrected chi connectivity index (χ0v) is 14.0. The lowest BCUT2D eigenvalue weighted by Crippen LogP contribution is -2.49. The van der Waals surface area contributed by atoms with E-state index in [1.54, 1.807) is 6.07 Å². The van der Waals surface area contributed by atoms with Gasteiger partial charge in [-0.1, -0.05) is 24.6 Å². The van der Waals surface area contributed by atoms with Crippen LogP contribution in [0.5, 0.6) is 11.5 Å². The van der Waals surface area contributed by atoms with E-state index >= 15 is 0 Å². The molecule has 1 heterocycles. The minimum atomic E-state index is -0.618. The maximum atomic E-state index is 13.6. The van der Waals surface area contributed by atoms with Gasteiger partial charge in [0.25, 0.3) is 0 Å². The quantitative estimate of drug-likeness (QED) is 0.919. The zero-order valence-electron chi connectivity index (χ0n) is 14.0. The molecule has 1 N–H and O–H groups in total. The number of ether oxygens (including phenoxy) is 2. The van der Waals surface area contributed by atoms with Gasteiger partial charge in [-0.15, -0.1) is 0 Å². The van der Waals surface area contributed by atoms with Crippen molar-refractivity contribution in [2.24, 2.45) is 0 Å². The van der Waals surface area contributed by atoms with Gasteiger partial charge >= 0.3 is 0 Å². The van der Waals surface area contributed by atoms with E-state index in [0.29, 0.717) is 5.75 Å². The fourth-order valence-electron chi connectivity index (χ4n) is 3.56. The van der Waals surface area contributed by atoms with Crippen LogP contribution in [0.4, 0.5) is 4.39 Å². The molecule has 0 spiro atoms. The number of carbonyl (C=O) groups is 1. The standard InChI is InChI=1S/C20H20FNO3/c1-13(14-6-7-17-18(10-14)25-12-24-17)22-19(23)20(8-3-9-20)15-4-2-5-16(21)11-15/h2,4-7,10-11,13H,3,8-9,12H2,1H3,(H,22,23). The fraction of sp³-hybridized carbons (Fsp3) is 0.350. The maximum absolute atomic E-state index is 13.6. The summed E-state index contributed by atoms with van der Waals surface area (Å²) in [6.07, 6.45) is 2.47. The summed E-state index contributed by atoms with van der Waals surface area (Å²) in [6, 6.07) is 11.9. The second kappa shape index (κ2) is 6.06. The monoisotopic (exact) mass is 341 g/mol. The number of nitrogens with one attached hydrogen (secondary N) is 1. The van der Waals surface area contributed by atoms with Gasteiger partial charge in [0.15, 0.2) is 11.5 Å². The van der Waals surface area contributed by atoms with Gasteiger partial charge < -0.3 is 14.8 Å². The number of fused-ring (bicyclic) bond motifs is 1. The van der Waals surface area contributed by atoms with Gasteiger partial charge in [-0.2, -0.15) is 0 Å². The molecule has 4 nitrogen and oxygen atoms in total. The van der Waals surface area contributed by atoms with Gasteiger partial charge in [-0.3, -0.25) is 4.79 Å². The van der Waals surface area contributed by atoms with E-state index in [2.05, 4.69) is 5.32 Å². The second-order valence-electron chi connectivity index (χ2n) is 6.75. The Bertz CT molecular complexity index is 816. The van der Waals surface area contributed by atoms with Crippen LogP contribution in [-0.4, -0.2) is 12.7 Å². The van der Waals surface area contributed by atoms with Crippen LogP contribution in [-0.2, 0) is 10.2 Å². The predicted molar refractivity (Wildman–Crippen MR) is 91.1 cm³/mol. The van der Waals surface area contributed by atoms with Crippen molar-refractivity contribution in [3.8, 4) is 11.5 Å². The normalized spacial score (nSPS) is 18.3. The Hall–Kier alpha value is -2.56. The molecule has 0 radical (unpaired) electrons. The lowest BCUT2D eigenvalue weighted by atomic mass is 9.63. The van der Waals surface area contributed by atoms with Crippen molar-refractivity contribution in [1.82, 2.24) is 5.32 Å². The van der Waals surface area contributed by atoms with Crippen molar-refractivity contribution >= 4 is 5.91 Å². The number of benzene rings is 2. The molecule has 1 saturated carbocycles. The highest BCUT2D eigenvalue weighted by Crippen LogP contribution is 2.44. The average molecular weight is 341 g/mol. The van der Waals surface area contributed by atoms with Crippen LogP contribution in [0.1, 0.15) is 43.4 Å². The third kappa shape index (κ3) is 2.73. The van der Waals surface area contributed by atoms with Crippen LogP contribution in [0.2, 0.25) is 0 Å². The summed E-state index contributed by atoms with van der Waals surface area (Å²) in [6.45, 7) is 2.16. The van der Waals surface area contributed by atoms with Gasteiger partial charge in [0.1, 0.15) is 5.82 Å². The summed E-state index contributed by atoms with van der Waals surface area (Å²) >= 11 is 0. The summed E-state index contributed by atoms with van der Waals surface area (Å²) in [5, 5.41) is 3.09. The maximum Gasteiger partial charge on any atom is 0.231 e. The van der Waals surface area contributed by atoms with Gasteiger partial charge in [0, 0.05) is 0 Å². The number of rotatable bonds is 4. The summed E-state index contributed by atoms with van der Waals surface area (Å²) in [7, 11) is 0. The van der Waals surface area contributed by atoms with Crippen LogP contribution < -0.4 is 14.8 Å². The summed E-state index contributed by atoms with van der Waals surface area (Å²) < 4.78 is 24.3. The largest absolute Gasteiger partial charge is 0.454 e. The molecule has 25 heavy (non-hydrogen) atoms. The number of hydrogen-bond donors (Lipinski definition) is 1. The molecule has 2 aromatic rings. The topological polar surface area (TPSA) is 47.6 Å². The Morgan fingerprint density at radius 3 is 2.68 bits per heavy atom. The molecule has 0 saturated heterocycles. The van der Waals surface area contributed by atoms with E-state index in [1.165, 1.54) is 12.1 Å². The first-order valence-corrected chi connectivity index (χ1v) is 8.55. The molecule has 2 aliphatic rings. The molecule has 0 bridgehead atoms. The molecule has 2 aromatic carbocycles. The molecule has 1 aliphatic heterocycles. The molecule has 1 unspecified atom stereocenters. The lowest BCUT2D eigenvalue weighted by Gasteiger charge is -2.41. The van der Waals surface area contributed by atoms with Gasteiger partial charge in [-0.05, 0) is 55.2 Å². The van der Waals surface area contributed by atoms with Gasteiger partial charge in [0.2, 0.25) is 12.7 Å². The molecule has 4 rings (SSSR count). The molecular formula is C20H20FNO3. The number of hydrogen-bond acceptors (Lipinski definition) is 3. The van der Waals surface area contributed by atoms with E-state index in [1.807, 2.05) is 31.2 Å². The Balaban J connectivity index is 1.54. The first-order valence-electron chi connectivity index (χ1n) is 8.55. The van der Waals surface area contributed by atoms with E-state index in [0.717, 1.165) is 36.1 Å². The van der Waals surface area contributed by atoms with Crippen LogP contribution >= 0.6 is 0 Å². The molecule has 130 valence electrons. The van der Waals surface area contributed by atoms with Crippen molar-refractivity contribution in [2.75, 3.05) is 6.79 Å². The zero-order chi connectivity index (χ0) is 17.4. The Morgan fingerprint density at radius 2 is 1.96 bits per heavy atom. The first kappa shape index (κ1) is 15.9. The van der Waals surface area contributed by atoms with Crippen molar-refractivity contribution in [1.29, 1.82) is 0 Å². The predicted octanol–water partition coefficient (Wildman–Crippen LogP) is 3.85. The van der Waals surface area contributed by atoms with Gasteiger partial charge in [-0.25, -0.2) is 4.39 Å². The third-order valence-electron chi connectivity index (χ3n) is 5.26. The molecular weight excluding hydrogens is 321 g/mol. The van der Waals surface area contributed by atoms with Crippen LogP contribution in [0.3, 0.4) is 0 Å². The Morgan fingerprint density at radius 1 is 1.16 bits per heavy atom. The van der Waals surface area contributed by atoms with Crippen LogP contribution in [0, 0.1) is 5.82 Å².